The molecule has 1 aromatic carbocycles. The number of rotatable bonds is 8. The van der Waals surface area contributed by atoms with Crippen LogP contribution in [-0.2, 0) is 16.1 Å². The third kappa shape index (κ3) is 5.13. The number of ether oxygens (including phenoxy) is 1. The standard InChI is InChI=1S/C21H23FN4O3S2/c1-5-26-18(12(2)3)24-25-21(26)31-11-16(27)23-19-17(20(28)29-4)15(10-30-19)13-6-8-14(22)9-7-13/h6-10,12H,5,11H2,1-4H3,(H,23,27). The molecule has 0 aliphatic heterocycles. The number of hydrogen-bond acceptors (Lipinski definition) is 7. The van der Waals surface area contributed by atoms with E-state index in [0.717, 1.165) is 5.82 Å². The average molecular weight is 463 g/mol. The maximum atomic E-state index is 13.3. The van der Waals surface area contributed by atoms with Gasteiger partial charge in [0.1, 0.15) is 22.2 Å². The van der Waals surface area contributed by atoms with Crippen LogP contribution in [-0.4, -0.2) is 39.5 Å². The molecule has 2 heterocycles. The molecule has 0 saturated heterocycles. The molecule has 0 atom stereocenters. The number of anilines is 1. The zero-order chi connectivity index (χ0) is 22.5. The fourth-order valence-electron chi connectivity index (χ4n) is 3.02. The number of carbonyl (C=O) groups excluding carboxylic acids is 2. The number of halogens is 1. The Morgan fingerprint density at radius 3 is 2.58 bits per heavy atom. The van der Waals surface area contributed by atoms with Crippen LogP contribution >= 0.6 is 23.1 Å². The minimum Gasteiger partial charge on any atom is -0.465 e. The Hall–Kier alpha value is -2.72. The van der Waals surface area contributed by atoms with Gasteiger partial charge in [0, 0.05) is 23.4 Å². The lowest BCUT2D eigenvalue weighted by molar-refractivity contribution is -0.113. The summed E-state index contributed by atoms with van der Waals surface area (Å²) in [6, 6.07) is 5.79. The van der Waals surface area contributed by atoms with Crippen molar-refractivity contribution in [3.63, 3.8) is 0 Å². The van der Waals surface area contributed by atoms with Crippen LogP contribution in [0.15, 0.2) is 34.8 Å². The molecule has 10 heteroatoms. The lowest BCUT2D eigenvalue weighted by Gasteiger charge is -2.10. The summed E-state index contributed by atoms with van der Waals surface area (Å²) in [6.07, 6.45) is 0. The van der Waals surface area contributed by atoms with E-state index in [9.17, 15) is 14.0 Å². The molecule has 0 unspecified atom stereocenters. The summed E-state index contributed by atoms with van der Waals surface area (Å²) in [6.45, 7) is 6.80. The number of methoxy groups -OCH3 is 1. The molecule has 2 aromatic heterocycles. The third-order valence-corrected chi connectivity index (χ3v) is 6.36. The number of nitrogens with one attached hydrogen (secondary N) is 1. The zero-order valence-corrected chi connectivity index (χ0v) is 19.3. The summed E-state index contributed by atoms with van der Waals surface area (Å²) in [7, 11) is 1.28. The normalized spacial score (nSPS) is 11.0. The predicted octanol–water partition coefficient (Wildman–Crippen LogP) is 4.81. The number of amides is 1. The van der Waals surface area contributed by atoms with Gasteiger partial charge in [-0.05, 0) is 24.6 Å². The number of thiophene rings is 1. The summed E-state index contributed by atoms with van der Waals surface area (Å²) in [5.74, 6) is -0.00423. The monoisotopic (exact) mass is 462 g/mol. The summed E-state index contributed by atoms with van der Waals surface area (Å²) >= 11 is 2.50. The highest BCUT2D eigenvalue weighted by Gasteiger charge is 2.23. The molecule has 31 heavy (non-hydrogen) atoms. The van der Waals surface area contributed by atoms with Gasteiger partial charge in [-0.3, -0.25) is 4.79 Å². The maximum Gasteiger partial charge on any atom is 0.341 e. The fraction of sp³-hybridized carbons (Fsp3) is 0.333. The number of thioether (sulfide) groups is 1. The molecule has 0 fully saturated rings. The summed E-state index contributed by atoms with van der Waals surface area (Å²) < 4.78 is 20.2. The molecular formula is C21H23FN4O3S2. The molecular weight excluding hydrogens is 439 g/mol. The Morgan fingerprint density at radius 1 is 1.26 bits per heavy atom. The van der Waals surface area contributed by atoms with E-state index >= 15 is 0 Å². The molecule has 0 bridgehead atoms. The largest absolute Gasteiger partial charge is 0.465 e. The SMILES string of the molecule is CCn1c(SCC(=O)Nc2scc(-c3ccc(F)cc3)c2C(=O)OC)nnc1C(C)C. The highest BCUT2D eigenvalue weighted by atomic mass is 32.2. The quantitative estimate of drug-likeness (QED) is 0.382. The first kappa shape index (κ1) is 23.0. The molecule has 0 aliphatic carbocycles. The topological polar surface area (TPSA) is 86.1 Å². The van der Waals surface area contributed by atoms with Crippen molar-refractivity contribution in [2.45, 2.75) is 38.4 Å². The van der Waals surface area contributed by atoms with Gasteiger partial charge in [0.15, 0.2) is 5.16 Å². The highest BCUT2D eigenvalue weighted by Crippen LogP contribution is 2.36. The van der Waals surface area contributed by atoms with Crippen molar-refractivity contribution in [3.05, 3.63) is 46.9 Å². The second-order valence-electron chi connectivity index (χ2n) is 6.93. The lowest BCUT2D eigenvalue weighted by atomic mass is 10.0. The summed E-state index contributed by atoms with van der Waals surface area (Å²) in [4.78, 5) is 25.0. The number of aromatic nitrogens is 3. The molecule has 3 rings (SSSR count). The molecule has 0 saturated carbocycles. The van der Waals surface area contributed by atoms with E-state index < -0.39 is 5.97 Å². The average Bonchev–Trinajstić information content (AvgIpc) is 3.36. The highest BCUT2D eigenvalue weighted by molar-refractivity contribution is 7.99. The number of hydrogen-bond donors (Lipinski definition) is 1. The van der Waals surface area contributed by atoms with Gasteiger partial charge in [-0.15, -0.1) is 21.5 Å². The molecule has 0 radical (unpaired) electrons. The Labute approximate surface area is 188 Å². The van der Waals surface area contributed by atoms with Crippen molar-refractivity contribution in [2.24, 2.45) is 0 Å². The van der Waals surface area contributed by atoms with E-state index in [1.165, 1.54) is 42.3 Å². The minimum atomic E-state index is -0.573. The first-order valence-electron chi connectivity index (χ1n) is 9.67. The number of benzene rings is 1. The van der Waals surface area contributed by atoms with Gasteiger partial charge in [-0.2, -0.15) is 0 Å². The van der Waals surface area contributed by atoms with Crippen LogP contribution < -0.4 is 5.32 Å². The molecule has 7 nitrogen and oxygen atoms in total. The van der Waals surface area contributed by atoms with Gasteiger partial charge in [0.05, 0.1) is 12.9 Å². The van der Waals surface area contributed by atoms with Crippen LogP contribution in [0.25, 0.3) is 11.1 Å². The van der Waals surface area contributed by atoms with E-state index in [0.29, 0.717) is 27.8 Å². The Balaban J connectivity index is 1.77. The van der Waals surface area contributed by atoms with Gasteiger partial charge >= 0.3 is 5.97 Å². The van der Waals surface area contributed by atoms with Gasteiger partial charge in [0.2, 0.25) is 5.91 Å². The molecule has 0 aliphatic rings. The number of esters is 1. The van der Waals surface area contributed by atoms with Crippen LogP contribution in [0, 0.1) is 5.82 Å². The van der Waals surface area contributed by atoms with E-state index in [-0.39, 0.29) is 29.0 Å². The van der Waals surface area contributed by atoms with E-state index in [4.69, 9.17) is 4.74 Å². The van der Waals surface area contributed by atoms with Crippen molar-refractivity contribution >= 4 is 40.0 Å². The summed E-state index contributed by atoms with van der Waals surface area (Å²) in [5.41, 5.74) is 1.48. The maximum absolute atomic E-state index is 13.3. The first-order valence-corrected chi connectivity index (χ1v) is 11.5. The number of nitrogens with zero attached hydrogens (tertiary/aromatic N) is 3. The first-order chi connectivity index (χ1) is 14.8. The van der Waals surface area contributed by atoms with Crippen molar-refractivity contribution in [1.29, 1.82) is 0 Å². The van der Waals surface area contributed by atoms with E-state index in [1.54, 1.807) is 17.5 Å². The number of carbonyl (C=O) groups is 2. The van der Waals surface area contributed by atoms with Gasteiger partial charge < -0.3 is 14.6 Å². The zero-order valence-electron chi connectivity index (χ0n) is 17.6. The molecule has 164 valence electrons. The van der Waals surface area contributed by atoms with E-state index in [2.05, 4.69) is 15.5 Å². The van der Waals surface area contributed by atoms with Crippen LogP contribution in [0.3, 0.4) is 0 Å². The molecule has 1 N–H and O–H groups in total. The van der Waals surface area contributed by atoms with Crippen LogP contribution in [0.5, 0.6) is 0 Å². The second kappa shape index (κ2) is 10.1. The van der Waals surface area contributed by atoms with Crippen LogP contribution in [0.1, 0.15) is 42.9 Å². The Morgan fingerprint density at radius 2 is 1.97 bits per heavy atom. The van der Waals surface area contributed by atoms with Crippen LogP contribution in [0.2, 0.25) is 0 Å². The van der Waals surface area contributed by atoms with Gasteiger partial charge in [-0.1, -0.05) is 37.7 Å². The van der Waals surface area contributed by atoms with Crippen molar-refractivity contribution in [3.8, 4) is 11.1 Å². The van der Waals surface area contributed by atoms with Crippen molar-refractivity contribution in [2.75, 3.05) is 18.2 Å². The van der Waals surface area contributed by atoms with Crippen molar-refractivity contribution in [1.82, 2.24) is 14.8 Å². The lowest BCUT2D eigenvalue weighted by Crippen LogP contribution is -2.16. The Kier molecular flexibility index (Phi) is 7.45. The summed E-state index contributed by atoms with van der Waals surface area (Å²) in [5, 5.41) is 14.0. The van der Waals surface area contributed by atoms with Crippen molar-refractivity contribution < 1.29 is 18.7 Å². The fourth-order valence-corrected chi connectivity index (χ4v) is 4.80. The second-order valence-corrected chi connectivity index (χ2v) is 8.75. The Bertz CT molecular complexity index is 1080. The van der Waals surface area contributed by atoms with Crippen LogP contribution in [0.4, 0.5) is 9.39 Å². The smallest absolute Gasteiger partial charge is 0.341 e. The predicted molar refractivity (Wildman–Crippen MR) is 120 cm³/mol. The molecule has 1 amide bonds. The third-order valence-electron chi connectivity index (χ3n) is 4.50. The molecule has 3 aromatic rings. The van der Waals surface area contributed by atoms with E-state index in [1.807, 2.05) is 25.3 Å². The molecule has 0 spiro atoms. The van der Waals surface area contributed by atoms with Gasteiger partial charge in [0.25, 0.3) is 0 Å². The van der Waals surface area contributed by atoms with Gasteiger partial charge in [-0.25, -0.2) is 9.18 Å². The minimum absolute atomic E-state index is 0.112.